The molecule has 0 radical (unpaired) electrons. The lowest BCUT2D eigenvalue weighted by atomic mass is 9.48. The smallest absolute Gasteiger partial charge is 0.220 e. The highest BCUT2D eigenvalue weighted by atomic mass is 16.1. The largest absolute Gasteiger partial charge is 0.356 e. The van der Waals surface area contributed by atoms with Crippen LogP contribution in [0.1, 0.15) is 45.4 Å². The summed E-state index contributed by atoms with van der Waals surface area (Å²) in [6.07, 6.45) is 8.76. The van der Waals surface area contributed by atoms with Gasteiger partial charge in [-0.25, -0.2) is 0 Å². The van der Waals surface area contributed by atoms with Gasteiger partial charge >= 0.3 is 0 Å². The fraction of sp³-hybridized carbons (Fsp3) is 0.706. The SMILES string of the molecule is Cn1cnnc1CCC(=O)NCCC1=CC[C@H]2C[C@@H]1C2(C)C. The molecule has 2 bridgehead atoms. The summed E-state index contributed by atoms with van der Waals surface area (Å²) in [6, 6.07) is 0. The Kier molecular flexibility index (Phi) is 4.06. The molecule has 5 nitrogen and oxygen atoms in total. The quantitative estimate of drug-likeness (QED) is 0.820. The molecule has 22 heavy (non-hydrogen) atoms. The second kappa shape index (κ2) is 5.86. The summed E-state index contributed by atoms with van der Waals surface area (Å²) < 4.78 is 1.86. The van der Waals surface area contributed by atoms with E-state index in [0.29, 0.717) is 18.3 Å². The van der Waals surface area contributed by atoms with E-state index in [1.165, 1.54) is 12.8 Å². The fourth-order valence-corrected chi connectivity index (χ4v) is 3.95. The van der Waals surface area contributed by atoms with Gasteiger partial charge in [0, 0.05) is 26.4 Å². The van der Waals surface area contributed by atoms with E-state index in [9.17, 15) is 4.79 Å². The van der Waals surface area contributed by atoms with Crippen molar-refractivity contribution in [1.82, 2.24) is 20.1 Å². The van der Waals surface area contributed by atoms with Crippen molar-refractivity contribution in [2.45, 2.75) is 46.0 Å². The molecule has 1 fully saturated rings. The van der Waals surface area contributed by atoms with Gasteiger partial charge in [-0.1, -0.05) is 25.5 Å². The molecule has 1 aromatic rings. The standard InChI is InChI=1S/C17H26N4O/c1-17(2)13-5-4-12(14(17)10-13)8-9-18-16(22)7-6-15-20-19-11-21(15)3/h4,11,13-14H,5-10H2,1-3H3,(H,18,22)/t13-,14-/m0/s1. The first-order valence-electron chi connectivity index (χ1n) is 8.27. The maximum atomic E-state index is 11.9. The topological polar surface area (TPSA) is 59.8 Å². The van der Waals surface area contributed by atoms with Gasteiger partial charge in [-0.15, -0.1) is 10.2 Å². The number of hydrogen-bond acceptors (Lipinski definition) is 3. The van der Waals surface area contributed by atoms with E-state index in [1.54, 1.807) is 11.9 Å². The number of amides is 1. The Morgan fingerprint density at radius 2 is 2.27 bits per heavy atom. The van der Waals surface area contributed by atoms with Crippen LogP contribution in [-0.2, 0) is 18.3 Å². The summed E-state index contributed by atoms with van der Waals surface area (Å²) in [4.78, 5) is 11.9. The molecule has 0 spiro atoms. The molecule has 4 rings (SSSR count). The Balaban J connectivity index is 1.39. The van der Waals surface area contributed by atoms with Crippen LogP contribution in [0.15, 0.2) is 18.0 Å². The maximum Gasteiger partial charge on any atom is 0.220 e. The first kappa shape index (κ1) is 15.3. The van der Waals surface area contributed by atoms with E-state index in [0.717, 1.165) is 30.6 Å². The summed E-state index contributed by atoms with van der Waals surface area (Å²) in [6.45, 7) is 5.53. The number of aryl methyl sites for hydroxylation is 2. The molecular formula is C17H26N4O. The van der Waals surface area contributed by atoms with Crippen molar-refractivity contribution in [3.05, 3.63) is 23.8 Å². The van der Waals surface area contributed by atoms with E-state index < -0.39 is 0 Å². The Hall–Kier alpha value is -1.65. The van der Waals surface area contributed by atoms with E-state index in [-0.39, 0.29) is 5.91 Å². The Bertz CT molecular complexity index is 587. The highest BCUT2D eigenvalue weighted by molar-refractivity contribution is 5.76. The van der Waals surface area contributed by atoms with Crippen LogP contribution < -0.4 is 5.32 Å². The number of allylic oxidation sites excluding steroid dienone is 1. The van der Waals surface area contributed by atoms with Crippen LogP contribution in [0, 0.1) is 17.3 Å². The van der Waals surface area contributed by atoms with Crippen molar-refractivity contribution in [1.29, 1.82) is 0 Å². The number of nitrogens with one attached hydrogen (secondary N) is 1. The zero-order valence-electron chi connectivity index (χ0n) is 13.8. The lowest BCUT2D eigenvalue weighted by Crippen LogP contribution is -2.48. The van der Waals surface area contributed by atoms with Gasteiger partial charge in [0.25, 0.3) is 0 Å². The molecule has 0 aliphatic heterocycles. The van der Waals surface area contributed by atoms with E-state index in [4.69, 9.17) is 0 Å². The molecule has 1 heterocycles. The molecule has 0 saturated heterocycles. The average molecular weight is 302 g/mol. The number of fused-ring (bicyclic) bond motifs is 1. The third-order valence-electron chi connectivity index (χ3n) is 5.70. The molecule has 1 N–H and O–H groups in total. The summed E-state index contributed by atoms with van der Waals surface area (Å²) in [5.41, 5.74) is 2.03. The van der Waals surface area contributed by atoms with Gasteiger partial charge in [0.05, 0.1) is 0 Å². The van der Waals surface area contributed by atoms with Crippen LogP contribution in [0.4, 0.5) is 0 Å². The van der Waals surface area contributed by atoms with E-state index >= 15 is 0 Å². The highest BCUT2D eigenvalue weighted by Crippen LogP contribution is 2.59. The highest BCUT2D eigenvalue weighted by Gasteiger charge is 2.50. The van der Waals surface area contributed by atoms with Gasteiger partial charge < -0.3 is 9.88 Å². The Labute approximate surface area is 132 Å². The molecule has 0 aromatic carbocycles. The number of nitrogens with zero attached hydrogens (tertiary/aromatic N) is 3. The van der Waals surface area contributed by atoms with E-state index in [1.807, 2.05) is 11.6 Å². The zero-order chi connectivity index (χ0) is 15.7. The van der Waals surface area contributed by atoms with Crippen LogP contribution in [0.5, 0.6) is 0 Å². The minimum Gasteiger partial charge on any atom is -0.356 e. The lowest BCUT2D eigenvalue weighted by Gasteiger charge is -2.56. The van der Waals surface area contributed by atoms with Crippen molar-refractivity contribution in [3.8, 4) is 0 Å². The van der Waals surface area contributed by atoms with Gasteiger partial charge in [0.15, 0.2) is 0 Å². The van der Waals surface area contributed by atoms with Crippen LogP contribution in [0.3, 0.4) is 0 Å². The van der Waals surface area contributed by atoms with Gasteiger partial charge in [-0.05, 0) is 36.5 Å². The van der Waals surface area contributed by atoms with Crippen molar-refractivity contribution < 1.29 is 4.79 Å². The molecule has 2 atom stereocenters. The van der Waals surface area contributed by atoms with Gasteiger partial charge in [-0.3, -0.25) is 4.79 Å². The number of aromatic nitrogens is 3. The molecule has 1 aromatic heterocycles. The van der Waals surface area contributed by atoms with Gasteiger partial charge in [0.1, 0.15) is 12.2 Å². The third kappa shape index (κ3) is 2.81. The average Bonchev–Trinajstić information content (AvgIpc) is 2.90. The molecule has 120 valence electrons. The molecule has 3 aliphatic carbocycles. The van der Waals surface area contributed by atoms with Crippen molar-refractivity contribution in [3.63, 3.8) is 0 Å². The molecular weight excluding hydrogens is 276 g/mol. The summed E-state index contributed by atoms with van der Waals surface area (Å²) >= 11 is 0. The molecule has 5 heteroatoms. The van der Waals surface area contributed by atoms with Gasteiger partial charge in [0.2, 0.25) is 5.91 Å². The number of hydrogen-bond donors (Lipinski definition) is 1. The number of carbonyl (C=O) groups is 1. The van der Waals surface area contributed by atoms with Crippen molar-refractivity contribution >= 4 is 5.91 Å². The van der Waals surface area contributed by atoms with Crippen LogP contribution in [0.2, 0.25) is 0 Å². The van der Waals surface area contributed by atoms with Crippen LogP contribution >= 0.6 is 0 Å². The summed E-state index contributed by atoms with van der Waals surface area (Å²) in [5, 5.41) is 10.9. The number of carbonyl (C=O) groups excluding carboxylic acids is 1. The molecule has 3 aliphatic rings. The first-order valence-corrected chi connectivity index (χ1v) is 8.27. The predicted octanol–water partition coefficient (Wildman–Crippen LogP) is 2.25. The van der Waals surface area contributed by atoms with Gasteiger partial charge in [-0.2, -0.15) is 0 Å². The third-order valence-corrected chi connectivity index (χ3v) is 5.70. The second-order valence-electron chi connectivity index (χ2n) is 7.28. The monoisotopic (exact) mass is 302 g/mol. The summed E-state index contributed by atoms with van der Waals surface area (Å²) in [5.74, 6) is 2.57. The number of rotatable bonds is 6. The van der Waals surface area contributed by atoms with E-state index in [2.05, 4.69) is 35.4 Å². The fourth-order valence-electron chi connectivity index (χ4n) is 3.95. The Morgan fingerprint density at radius 1 is 1.45 bits per heavy atom. The lowest BCUT2D eigenvalue weighted by molar-refractivity contribution is -0.121. The Morgan fingerprint density at radius 3 is 2.91 bits per heavy atom. The maximum absolute atomic E-state index is 11.9. The molecule has 1 saturated carbocycles. The van der Waals surface area contributed by atoms with Crippen LogP contribution in [0.25, 0.3) is 0 Å². The second-order valence-corrected chi connectivity index (χ2v) is 7.28. The minimum absolute atomic E-state index is 0.102. The first-order chi connectivity index (χ1) is 10.5. The molecule has 1 amide bonds. The van der Waals surface area contributed by atoms with Crippen molar-refractivity contribution in [2.75, 3.05) is 6.54 Å². The minimum atomic E-state index is 0.102. The zero-order valence-corrected chi connectivity index (χ0v) is 13.8. The van der Waals surface area contributed by atoms with Crippen LogP contribution in [-0.4, -0.2) is 27.2 Å². The molecule has 0 unspecified atom stereocenters. The summed E-state index contributed by atoms with van der Waals surface area (Å²) in [7, 11) is 1.90. The predicted molar refractivity (Wildman–Crippen MR) is 85.0 cm³/mol. The normalized spacial score (nSPS) is 25.3. The van der Waals surface area contributed by atoms with Crippen molar-refractivity contribution in [2.24, 2.45) is 24.3 Å².